The van der Waals surface area contributed by atoms with E-state index in [1.807, 2.05) is 36.4 Å². The second-order valence-electron chi connectivity index (χ2n) is 6.59. The van der Waals surface area contributed by atoms with Gasteiger partial charge < -0.3 is 19.3 Å². The van der Waals surface area contributed by atoms with Crippen LogP contribution in [0.5, 0.6) is 11.5 Å². The Morgan fingerprint density at radius 3 is 2.44 bits per heavy atom. The highest BCUT2D eigenvalue weighted by Crippen LogP contribution is 2.28. The van der Waals surface area contributed by atoms with Crippen LogP contribution < -0.4 is 9.47 Å². The van der Waals surface area contributed by atoms with Gasteiger partial charge in [0.1, 0.15) is 17.6 Å². The van der Waals surface area contributed by atoms with Crippen molar-refractivity contribution in [1.82, 2.24) is 0 Å². The molecule has 1 aliphatic heterocycles. The van der Waals surface area contributed by atoms with Crippen LogP contribution in [0.15, 0.2) is 48.5 Å². The molecule has 3 rings (SSSR count). The van der Waals surface area contributed by atoms with E-state index in [1.165, 1.54) is 0 Å². The van der Waals surface area contributed by atoms with Gasteiger partial charge in [0.05, 0.1) is 18.2 Å². The monoisotopic (exact) mass is 367 g/mol. The first kappa shape index (κ1) is 19.2. The van der Waals surface area contributed by atoms with Crippen LogP contribution in [0, 0.1) is 11.3 Å². The van der Waals surface area contributed by atoms with E-state index >= 15 is 0 Å². The Hall–Kier alpha value is -2.55. The third kappa shape index (κ3) is 5.72. The molecule has 27 heavy (non-hydrogen) atoms. The van der Waals surface area contributed by atoms with Crippen LogP contribution in [0.2, 0.25) is 0 Å². The number of hydrogen-bond donors (Lipinski definition) is 1. The van der Waals surface area contributed by atoms with Gasteiger partial charge in [0.15, 0.2) is 6.29 Å². The average Bonchev–Trinajstić information content (AvgIpc) is 2.73. The van der Waals surface area contributed by atoms with Gasteiger partial charge in [-0.15, -0.1) is 0 Å². The van der Waals surface area contributed by atoms with E-state index in [4.69, 9.17) is 19.5 Å². The Morgan fingerprint density at radius 1 is 1.07 bits per heavy atom. The predicted octanol–water partition coefficient (Wildman–Crippen LogP) is 4.36. The highest BCUT2D eigenvalue weighted by Gasteiger charge is 2.16. The second kappa shape index (κ2) is 9.96. The zero-order chi connectivity index (χ0) is 18.9. The van der Waals surface area contributed by atoms with Gasteiger partial charge >= 0.3 is 0 Å². The summed E-state index contributed by atoms with van der Waals surface area (Å²) in [6, 6.07) is 17.0. The van der Waals surface area contributed by atoms with E-state index in [-0.39, 0.29) is 19.0 Å². The molecule has 1 fully saturated rings. The van der Waals surface area contributed by atoms with Crippen LogP contribution in [0.1, 0.15) is 49.3 Å². The smallest absolute Gasteiger partial charge is 0.199 e. The zero-order valence-corrected chi connectivity index (χ0v) is 15.3. The normalized spacial score (nSPS) is 17.7. The van der Waals surface area contributed by atoms with E-state index in [2.05, 4.69) is 6.07 Å². The first-order valence-corrected chi connectivity index (χ1v) is 9.44. The summed E-state index contributed by atoms with van der Waals surface area (Å²) in [5.74, 6) is 1.50. The van der Waals surface area contributed by atoms with Crippen molar-refractivity contribution in [3.05, 3.63) is 59.7 Å². The van der Waals surface area contributed by atoms with Crippen LogP contribution in [-0.4, -0.2) is 24.6 Å². The molecule has 5 nitrogen and oxygen atoms in total. The van der Waals surface area contributed by atoms with Gasteiger partial charge in [0, 0.05) is 13.0 Å². The highest BCUT2D eigenvalue weighted by molar-refractivity contribution is 5.34. The van der Waals surface area contributed by atoms with Crippen LogP contribution in [0.3, 0.4) is 0 Å². The number of ether oxygens (including phenoxy) is 3. The Balaban J connectivity index is 1.64. The predicted molar refractivity (Wildman–Crippen MR) is 102 cm³/mol. The molecule has 142 valence electrons. The molecule has 0 amide bonds. The molecular formula is C22H25NO4. The second-order valence-corrected chi connectivity index (χ2v) is 6.59. The molecule has 0 bridgehead atoms. The lowest BCUT2D eigenvalue weighted by Crippen LogP contribution is -2.24. The number of nitriles is 1. The molecule has 0 saturated carbocycles. The molecular weight excluding hydrogens is 342 g/mol. The Bertz CT molecular complexity index is 730. The van der Waals surface area contributed by atoms with Crippen LogP contribution >= 0.6 is 0 Å². The van der Waals surface area contributed by atoms with E-state index < -0.39 is 0 Å². The molecule has 0 aromatic heterocycles. The molecule has 0 radical (unpaired) electrons. The largest absolute Gasteiger partial charge is 0.486 e. The number of hydrogen-bond acceptors (Lipinski definition) is 5. The molecule has 0 unspecified atom stereocenters. The van der Waals surface area contributed by atoms with Crippen LogP contribution in [-0.2, 0) is 4.74 Å². The van der Waals surface area contributed by atoms with Crippen molar-refractivity contribution in [2.45, 2.75) is 44.5 Å². The molecule has 1 N–H and O–H groups in total. The lowest BCUT2D eigenvalue weighted by molar-refractivity contribution is -0.105. The number of aliphatic hydroxyl groups excluding tert-OH is 1. The zero-order valence-electron chi connectivity index (χ0n) is 15.3. The maximum absolute atomic E-state index is 9.18. The first-order chi connectivity index (χ1) is 13.3. The molecule has 0 aliphatic carbocycles. The van der Waals surface area contributed by atoms with Crippen molar-refractivity contribution in [2.75, 3.05) is 13.2 Å². The van der Waals surface area contributed by atoms with Gasteiger partial charge in [-0.05, 0) is 67.6 Å². The van der Waals surface area contributed by atoms with Crippen molar-refractivity contribution in [3.63, 3.8) is 0 Å². The molecule has 1 saturated heterocycles. The third-order valence-corrected chi connectivity index (χ3v) is 4.54. The molecule has 2 aromatic rings. The van der Waals surface area contributed by atoms with Gasteiger partial charge in [0.2, 0.25) is 0 Å². The van der Waals surface area contributed by atoms with Gasteiger partial charge in [-0.2, -0.15) is 5.26 Å². The van der Waals surface area contributed by atoms with Gasteiger partial charge in [0.25, 0.3) is 0 Å². The van der Waals surface area contributed by atoms with E-state index in [9.17, 15) is 5.11 Å². The van der Waals surface area contributed by atoms with Crippen molar-refractivity contribution in [3.8, 4) is 17.6 Å². The number of aliphatic hydroxyl groups is 1. The van der Waals surface area contributed by atoms with Gasteiger partial charge in [-0.1, -0.05) is 12.1 Å². The lowest BCUT2D eigenvalue weighted by atomic mass is 10.0. The minimum absolute atomic E-state index is 0.115. The highest BCUT2D eigenvalue weighted by atomic mass is 16.7. The molecule has 5 heteroatoms. The fourth-order valence-electron chi connectivity index (χ4n) is 3.06. The van der Waals surface area contributed by atoms with Crippen molar-refractivity contribution in [2.24, 2.45) is 0 Å². The Labute approximate surface area is 160 Å². The average molecular weight is 367 g/mol. The summed E-state index contributed by atoms with van der Waals surface area (Å²) in [5, 5.41) is 18.1. The van der Waals surface area contributed by atoms with Gasteiger partial charge in [-0.3, -0.25) is 0 Å². The molecule has 2 aromatic carbocycles. The summed E-state index contributed by atoms with van der Waals surface area (Å²) in [5.41, 5.74) is 1.60. The standard InChI is InChI=1S/C22H25NO4/c23-16-17-6-8-18(9-7-17)21(4-3-14-24)26-19-10-12-20(13-11-19)27-22-5-1-2-15-25-22/h6-13,21-22,24H,1-5,14-15H2/t21-,22+/m1/s1. The maximum atomic E-state index is 9.18. The fourth-order valence-corrected chi connectivity index (χ4v) is 3.06. The van der Waals surface area contributed by atoms with E-state index in [1.54, 1.807) is 12.1 Å². The number of nitrogens with zero attached hydrogens (tertiary/aromatic N) is 1. The first-order valence-electron chi connectivity index (χ1n) is 9.44. The summed E-state index contributed by atoms with van der Waals surface area (Å²) < 4.78 is 17.6. The summed E-state index contributed by atoms with van der Waals surface area (Å²) in [6.07, 6.45) is 4.13. The topological polar surface area (TPSA) is 71.7 Å². The van der Waals surface area contributed by atoms with Gasteiger partial charge in [-0.25, -0.2) is 0 Å². The molecule has 0 spiro atoms. The Morgan fingerprint density at radius 2 is 1.81 bits per heavy atom. The molecule has 1 aliphatic rings. The van der Waals surface area contributed by atoms with Crippen LogP contribution in [0.4, 0.5) is 0 Å². The van der Waals surface area contributed by atoms with E-state index in [0.29, 0.717) is 18.4 Å². The van der Waals surface area contributed by atoms with Crippen LogP contribution in [0.25, 0.3) is 0 Å². The Kier molecular flexibility index (Phi) is 7.09. The maximum Gasteiger partial charge on any atom is 0.199 e. The summed E-state index contributed by atoms with van der Waals surface area (Å²) in [7, 11) is 0. The quantitative estimate of drug-likeness (QED) is 0.751. The molecule has 2 atom stereocenters. The molecule has 1 heterocycles. The fraction of sp³-hybridized carbons (Fsp3) is 0.409. The van der Waals surface area contributed by atoms with Crippen molar-refractivity contribution < 1.29 is 19.3 Å². The summed E-state index contributed by atoms with van der Waals surface area (Å²) in [4.78, 5) is 0. The number of benzene rings is 2. The minimum atomic E-state index is -0.182. The van der Waals surface area contributed by atoms with Crippen molar-refractivity contribution >= 4 is 0 Å². The summed E-state index contributed by atoms with van der Waals surface area (Å²) >= 11 is 0. The van der Waals surface area contributed by atoms with E-state index in [0.717, 1.165) is 42.9 Å². The third-order valence-electron chi connectivity index (χ3n) is 4.54. The minimum Gasteiger partial charge on any atom is -0.486 e. The lowest BCUT2D eigenvalue weighted by Gasteiger charge is -2.24. The number of rotatable bonds is 8. The SMILES string of the molecule is N#Cc1ccc([C@@H](CCCO)Oc2ccc(O[C@H]3CCCCO3)cc2)cc1. The van der Waals surface area contributed by atoms with Crippen molar-refractivity contribution in [1.29, 1.82) is 5.26 Å². The summed E-state index contributed by atoms with van der Waals surface area (Å²) in [6.45, 7) is 0.868.